The summed E-state index contributed by atoms with van der Waals surface area (Å²) in [6, 6.07) is 7.17. The van der Waals surface area contributed by atoms with Crippen LogP contribution in [-0.2, 0) is 7.05 Å². The standard InChI is InChI=1S/C17H20N2O4S/c1-19-14(9-13(18-19)17(20)21)11-5-6-15(22-2)16(8-11)23-12-4-3-7-24-10-12/h5-6,8-9,12H,3-4,7,10H2,1-2H3,(H,20,21). The molecule has 24 heavy (non-hydrogen) atoms. The minimum absolute atomic E-state index is 0.0227. The molecule has 7 heteroatoms. The number of aryl methyl sites for hydroxylation is 1. The van der Waals surface area contributed by atoms with Gasteiger partial charge in [-0.05, 0) is 42.9 Å². The maximum absolute atomic E-state index is 11.1. The van der Waals surface area contributed by atoms with Crippen molar-refractivity contribution < 1.29 is 19.4 Å². The van der Waals surface area contributed by atoms with E-state index < -0.39 is 5.97 Å². The molecule has 0 saturated carbocycles. The Labute approximate surface area is 144 Å². The molecule has 1 fully saturated rings. The van der Waals surface area contributed by atoms with Crippen LogP contribution in [0.3, 0.4) is 0 Å². The van der Waals surface area contributed by atoms with Gasteiger partial charge in [0.15, 0.2) is 17.2 Å². The molecule has 3 rings (SSSR count). The third kappa shape index (κ3) is 3.51. The zero-order chi connectivity index (χ0) is 17.1. The highest BCUT2D eigenvalue weighted by molar-refractivity contribution is 7.99. The number of aromatic nitrogens is 2. The predicted molar refractivity (Wildman–Crippen MR) is 93.1 cm³/mol. The van der Waals surface area contributed by atoms with Crippen molar-refractivity contribution in [2.75, 3.05) is 18.6 Å². The van der Waals surface area contributed by atoms with Crippen LogP contribution in [0.1, 0.15) is 23.3 Å². The summed E-state index contributed by atoms with van der Waals surface area (Å²) in [7, 11) is 3.34. The van der Waals surface area contributed by atoms with Gasteiger partial charge in [-0.25, -0.2) is 4.79 Å². The Balaban J connectivity index is 1.92. The van der Waals surface area contributed by atoms with E-state index in [1.807, 2.05) is 30.0 Å². The van der Waals surface area contributed by atoms with Gasteiger partial charge in [0.2, 0.25) is 0 Å². The predicted octanol–water partition coefficient (Wildman–Crippen LogP) is 3.07. The first kappa shape index (κ1) is 16.7. The van der Waals surface area contributed by atoms with Crippen LogP contribution in [0.25, 0.3) is 11.3 Å². The molecule has 0 bridgehead atoms. The molecule has 0 radical (unpaired) electrons. The third-order valence-corrected chi connectivity index (χ3v) is 5.16. The topological polar surface area (TPSA) is 73.6 Å². The fourth-order valence-corrected chi connectivity index (χ4v) is 3.79. The summed E-state index contributed by atoms with van der Waals surface area (Å²) in [5, 5.41) is 13.1. The number of carbonyl (C=O) groups is 1. The first-order chi connectivity index (χ1) is 11.6. The van der Waals surface area contributed by atoms with Gasteiger partial charge in [0.1, 0.15) is 6.10 Å². The highest BCUT2D eigenvalue weighted by atomic mass is 32.2. The van der Waals surface area contributed by atoms with Gasteiger partial charge in [0, 0.05) is 18.4 Å². The van der Waals surface area contributed by atoms with Crippen LogP contribution in [0.5, 0.6) is 11.5 Å². The van der Waals surface area contributed by atoms with Crippen molar-refractivity contribution >= 4 is 17.7 Å². The number of carboxylic acids is 1. The molecule has 2 heterocycles. The Hall–Kier alpha value is -2.15. The van der Waals surface area contributed by atoms with Crippen LogP contribution >= 0.6 is 11.8 Å². The van der Waals surface area contributed by atoms with Crippen molar-refractivity contribution in [2.45, 2.75) is 18.9 Å². The van der Waals surface area contributed by atoms with Crippen LogP contribution in [0, 0.1) is 0 Å². The van der Waals surface area contributed by atoms with E-state index in [-0.39, 0.29) is 11.8 Å². The number of benzene rings is 1. The maximum atomic E-state index is 11.1. The fraction of sp³-hybridized carbons (Fsp3) is 0.412. The second kappa shape index (κ2) is 7.17. The molecule has 1 aromatic carbocycles. The molecule has 0 amide bonds. The summed E-state index contributed by atoms with van der Waals surface area (Å²) >= 11 is 1.90. The lowest BCUT2D eigenvalue weighted by Crippen LogP contribution is -2.23. The summed E-state index contributed by atoms with van der Waals surface area (Å²) in [6.07, 6.45) is 2.37. The second-order valence-corrected chi connectivity index (χ2v) is 6.82. The average Bonchev–Trinajstić information content (AvgIpc) is 2.98. The highest BCUT2D eigenvalue weighted by Crippen LogP contribution is 2.35. The Bertz CT molecular complexity index is 738. The zero-order valence-corrected chi connectivity index (χ0v) is 14.5. The Morgan fingerprint density at radius 1 is 1.38 bits per heavy atom. The minimum atomic E-state index is -1.04. The number of nitrogens with zero attached hydrogens (tertiary/aromatic N) is 2. The molecule has 1 aromatic heterocycles. The zero-order valence-electron chi connectivity index (χ0n) is 13.7. The normalized spacial score (nSPS) is 17.5. The lowest BCUT2D eigenvalue weighted by Gasteiger charge is -2.24. The van der Waals surface area contributed by atoms with Gasteiger partial charge in [-0.2, -0.15) is 16.9 Å². The Kier molecular flexibility index (Phi) is 4.99. The van der Waals surface area contributed by atoms with E-state index in [0.717, 1.165) is 29.9 Å². The molecule has 2 aromatic rings. The van der Waals surface area contributed by atoms with Crippen LogP contribution in [0.4, 0.5) is 0 Å². The average molecular weight is 348 g/mol. The summed E-state index contributed by atoms with van der Waals surface area (Å²) < 4.78 is 13.1. The number of hydrogen-bond acceptors (Lipinski definition) is 5. The fourth-order valence-electron chi connectivity index (χ4n) is 2.75. The van der Waals surface area contributed by atoms with Gasteiger partial charge in [0.05, 0.1) is 12.8 Å². The molecule has 1 saturated heterocycles. The van der Waals surface area contributed by atoms with Crippen LogP contribution in [0.2, 0.25) is 0 Å². The van der Waals surface area contributed by atoms with E-state index >= 15 is 0 Å². The highest BCUT2D eigenvalue weighted by Gasteiger charge is 2.19. The SMILES string of the molecule is COc1ccc(-c2cc(C(=O)O)nn2C)cc1OC1CCCSC1. The smallest absolute Gasteiger partial charge is 0.356 e. The number of hydrogen-bond donors (Lipinski definition) is 1. The molecule has 0 aliphatic carbocycles. The molecular formula is C17H20N2O4S. The number of methoxy groups -OCH3 is 1. The van der Waals surface area contributed by atoms with E-state index in [0.29, 0.717) is 11.5 Å². The Morgan fingerprint density at radius 3 is 2.83 bits per heavy atom. The monoisotopic (exact) mass is 348 g/mol. The quantitative estimate of drug-likeness (QED) is 0.895. The molecular weight excluding hydrogens is 328 g/mol. The summed E-state index contributed by atoms with van der Waals surface area (Å²) in [6.45, 7) is 0. The molecule has 1 N–H and O–H groups in total. The largest absolute Gasteiger partial charge is 0.493 e. The number of thioether (sulfide) groups is 1. The van der Waals surface area contributed by atoms with Crippen molar-refractivity contribution in [3.05, 3.63) is 30.0 Å². The Morgan fingerprint density at radius 2 is 2.21 bits per heavy atom. The van der Waals surface area contributed by atoms with E-state index in [9.17, 15) is 4.79 Å². The van der Waals surface area contributed by atoms with Crippen molar-refractivity contribution in [1.29, 1.82) is 0 Å². The van der Waals surface area contributed by atoms with Gasteiger partial charge < -0.3 is 14.6 Å². The summed E-state index contributed by atoms with van der Waals surface area (Å²) in [5.74, 6) is 2.48. The lowest BCUT2D eigenvalue weighted by molar-refractivity contribution is 0.0689. The second-order valence-electron chi connectivity index (χ2n) is 5.67. The van der Waals surface area contributed by atoms with Crippen LogP contribution in [-0.4, -0.2) is 45.6 Å². The van der Waals surface area contributed by atoms with Gasteiger partial charge >= 0.3 is 5.97 Å². The minimum Gasteiger partial charge on any atom is -0.493 e. The lowest BCUT2D eigenvalue weighted by atomic mass is 10.1. The number of carboxylic acid groups (broad SMARTS) is 1. The molecule has 1 aliphatic heterocycles. The number of aromatic carboxylic acids is 1. The molecule has 1 aliphatic rings. The molecule has 128 valence electrons. The summed E-state index contributed by atoms with van der Waals surface area (Å²) in [5.41, 5.74) is 1.59. The first-order valence-electron chi connectivity index (χ1n) is 7.78. The van der Waals surface area contributed by atoms with E-state index in [1.165, 1.54) is 5.75 Å². The summed E-state index contributed by atoms with van der Waals surface area (Å²) in [4.78, 5) is 11.1. The van der Waals surface area contributed by atoms with Crippen molar-refractivity contribution in [3.8, 4) is 22.8 Å². The van der Waals surface area contributed by atoms with E-state index in [1.54, 1.807) is 24.9 Å². The van der Waals surface area contributed by atoms with Gasteiger partial charge in [-0.1, -0.05) is 0 Å². The van der Waals surface area contributed by atoms with Crippen molar-refractivity contribution in [1.82, 2.24) is 9.78 Å². The van der Waals surface area contributed by atoms with E-state index in [2.05, 4.69) is 5.10 Å². The third-order valence-electron chi connectivity index (χ3n) is 3.97. The maximum Gasteiger partial charge on any atom is 0.356 e. The van der Waals surface area contributed by atoms with Crippen molar-refractivity contribution in [3.63, 3.8) is 0 Å². The van der Waals surface area contributed by atoms with Crippen molar-refractivity contribution in [2.24, 2.45) is 7.05 Å². The van der Waals surface area contributed by atoms with E-state index in [4.69, 9.17) is 14.6 Å². The first-order valence-corrected chi connectivity index (χ1v) is 8.94. The molecule has 0 spiro atoms. The molecule has 1 unspecified atom stereocenters. The van der Waals surface area contributed by atoms with Crippen LogP contribution < -0.4 is 9.47 Å². The number of rotatable bonds is 5. The molecule has 6 nitrogen and oxygen atoms in total. The van der Waals surface area contributed by atoms with Crippen LogP contribution in [0.15, 0.2) is 24.3 Å². The van der Waals surface area contributed by atoms with Gasteiger partial charge in [-0.3, -0.25) is 4.68 Å². The van der Waals surface area contributed by atoms with Gasteiger partial charge in [0.25, 0.3) is 0 Å². The number of ether oxygens (including phenoxy) is 2. The molecule has 1 atom stereocenters. The van der Waals surface area contributed by atoms with Gasteiger partial charge in [-0.15, -0.1) is 0 Å².